The molecule has 0 aromatic heterocycles. The van der Waals surface area contributed by atoms with E-state index < -0.39 is 28.5 Å². The lowest BCUT2D eigenvalue weighted by Gasteiger charge is -2.20. The van der Waals surface area contributed by atoms with E-state index in [0.29, 0.717) is 18.0 Å². The molecule has 1 amide bonds. The van der Waals surface area contributed by atoms with Crippen LogP contribution in [-0.4, -0.2) is 47.6 Å². The van der Waals surface area contributed by atoms with Crippen LogP contribution in [0.2, 0.25) is 0 Å². The van der Waals surface area contributed by atoms with Gasteiger partial charge in [0.2, 0.25) is 0 Å². The van der Waals surface area contributed by atoms with E-state index in [-0.39, 0.29) is 10.5 Å². The molecule has 0 saturated carbocycles. The molecule has 30 heavy (non-hydrogen) atoms. The number of methoxy groups -OCH3 is 1. The van der Waals surface area contributed by atoms with Crippen molar-refractivity contribution in [2.75, 3.05) is 31.6 Å². The van der Waals surface area contributed by atoms with Crippen LogP contribution in [0.5, 0.6) is 5.75 Å². The number of benzene rings is 2. The second kappa shape index (κ2) is 10.6. The molecule has 0 radical (unpaired) electrons. The van der Waals surface area contributed by atoms with Gasteiger partial charge < -0.3 is 14.8 Å². The second-order valence-corrected chi connectivity index (χ2v) is 8.45. The summed E-state index contributed by atoms with van der Waals surface area (Å²) in [6, 6.07) is 12.0. The van der Waals surface area contributed by atoms with Crippen LogP contribution in [0.3, 0.4) is 0 Å². The maximum absolute atomic E-state index is 13.0. The van der Waals surface area contributed by atoms with E-state index in [9.17, 15) is 18.0 Å². The van der Waals surface area contributed by atoms with E-state index in [1.807, 2.05) is 6.92 Å². The summed E-state index contributed by atoms with van der Waals surface area (Å²) in [5.74, 6) is -0.572. The number of nitrogens with zero attached hydrogens (tertiary/aromatic N) is 1. The molecule has 2 aromatic carbocycles. The summed E-state index contributed by atoms with van der Waals surface area (Å²) in [4.78, 5) is 23.8. The Hall–Kier alpha value is -3.07. The molecule has 0 spiro atoms. The summed E-state index contributed by atoms with van der Waals surface area (Å²) in [6.45, 7) is 2.09. The first kappa shape index (κ1) is 23.2. The van der Waals surface area contributed by atoms with Crippen molar-refractivity contribution in [3.05, 3.63) is 54.1 Å². The number of rotatable bonds is 10. The molecule has 2 rings (SSSR count). The molecule has 1 N–H and O–H groups in total. The third kappa shape index (κ3) is 5.96. The number of amides is 1. The van der Waals surface area contributed by atoms with Gasteiger partial charge in [-0.2, -0.15) is 0 Å². The van der Waals surface area contributed by atoms with Gasteiger partial charge in [-0.25, -0.2) is 13.2 Å². The molecule has 9 heteroatoms. The average molecular weight is 435 g/mol. The van der Waals surface area contributed by atoms with Crippen LogP contribution in [0.15, 0.2) is 53.4 Å². The van der Waals surface area contributed by atoms with Crippen molar-refractivity contribution in [2.45, 2.75) is 24.7 Å². The van der Waals surface area contributed by atoms with Crippen molar-refractivity contribution in [1.82, 2.24) is 5.32 Å². The zero-order valence-electron chi connectivity index (χ0n) is 17.3. The van der Waals surface area contributed by atoms with E-state index >= 15 is 0 Å². The average Bonchev–Trinajstić information content (AvgIpc) is 2.77. The molecule has 162 valence electrons. The minimum absolute atomic E-state index is 0.0422. The topological polar surface area (TPSA) is 102 Å². The van der Waals surface area contributed by atoms with Crippen molar-refractivity contribution in [2.24, 2.45) is 0 Å². The Morgan fingerprint density at radius 3 is 2.43 bits per heavy atom. The number of hydrogen-bond donors (Lipinski definition) is 1. The van der Waals surface area contributed by atoms with Gasteiger partial charge in [-0.3, -0.25) is 9.10 Å². The van der Waals surface area contributed by atoms with E-state index in [1.54, 1.807) is 24.3 Å². The highest BCUT2D eigenvalue weighted by Crippen LogP contribution is 2.24. The standard InChI is InChI=1S/C21H26N2O6S/c1-4-5-13-22-20(24)15-29-21(25)16-7-6-8-19(14-16)30(26,27)23(2)17-9-11-18(28-3)12-10-17/h6-12,14H,4-5,13,15H2,1-3H3,(H,22,24). The van der Waals surface area contributed by atoms with Crippen molar-refractivity contribution in [3.63, 3.8) is 0 Å². The van der Waals surface area contributed by atoms with Crippen molar-refractivity contribution < 1.29 is 27.5 Å². The molecule has 0 heterocycles. The number of hydrogen-bond acceptors (Lipinski definition) is 6. The third-order valence-electron chi connectivity index (χ3n) is 4.35. The molecular weight excluding hydrogens is 408 g/mol. The van der Waals surface area contributed by atoms with Crippen LogP contribution in [0.25, 0.3) is 0 Å². The Balaban J connectivity index is 2.10. The van der Waals surface area contributed by atoms with Crippen molar-refractivity contribution >= 4 is 27.6 Å². The first-order chi connectivity index (χ1) is 14.3. The largest absolute Gasteiger partial charge is 0.497 e. The number of carbonyl (C=O) groups is 2. The van der Waals surface area contributed by atoms with Gasteiger partial charge >= 0.3 is 5.97 Å². The van der Waals surface area contributed by atoms with E-state index in [0.717, 1.165) is 17.1 Å². The molecular formula is C21H26N2O6S. The summed E-state index contributed by atoms with van der Waals surface area (Å²) in [7, 11) is -0.966. The molecule has 8 nitrogen and oxygen atoms in total. The zero-order chi connectivity index (χ0) is 22.1. The van der Waals surface area contributed by atoms with Gasteiger partial charge in [0.25, 0.3) is 15.9 Å². The van der Waals surface area contributed by atoms with Gasteiger partial charge in [0.15, 0.2) is 6.61 Å². The Morgan fingerprint density at radius 2 is 1.80 bits per heavy atom. The highest BCUT2D eigenvalue weighted by Gasteiger charge is 2.23. The predicted octanol–water partition coefficient (Wildman–Crippen LogP) is 2.59. The fourth-order valence-electron chi connectivity index (χ4n) is 2.54. The fourth-order valence-corrected chi connectivity index (χ4v) is 3.78. The quantitative estimate of drug-likeness (QED) is 0.456. The lowest BCUT2D eigenvalue weighted by Crippen LogP contribution is -2.29. The number of ether oxygens (including phenoxy) is 2. The molecule has 0 saturated heterocycles. The molecule has 0 fully saturated rings. The van der Waals surface area contributed by atoms with Gasteiger partial charge in [-0.1, -0.05) is 19.4 Å². The maximum Gasteiger partial charge on any atom is 0.338 e. The summed E-state index contributed by atoms with van der Waals surface area (Å²) in [6.07, 6.45) is 1.77. The normalized spacial score (nSPS) is 10.9. The lowest BCUT2D eigenvalue weighted by molar-refractivity contribution is -0.124. The van der Waals surface area contributed by atoms with Crippen LogP contribution < -0.4 is 14.4 Å². The first-order valence-electron chi connectivity index (χ1n) is 9.46. The van der Waals surface area contributed by atoms with Crippen molar-refractivity contribution in [3.8, 4) is 5.75 Å². The monoisotopic (exact) mass is 434 g/mol. The predicted molar refractivity (Wildman–Crippen MR) is 113 cm³/mol. The molecule has 2 aromatic rings. The summed E-state index contributed by atoms with van der Waals surface area (Å²) < 4.78 is 37.1. The van der Waals surface area contributed by atoms with E-state index in [4.69, 9.17) is 9.47 Å². The zero-order valence-corrected chi connectivity index (χ0v) is 18.1. The highest BCUT2D eigenvalue weighted by molar-refractivity contribution is 7.92. The number of anilines is 1. The molecule has 0 aliphatic heterocycles. The van der Waals surface area contributed by atoms with Gasteiger partial charge in [0, 0.05) is 13.6 Å². The van der Waals surface area contributed by atoms with Gasteiger partial charge in [0.05, 0.1) is 23.3 Å². The smallest absolute Gasteiger partial charge is 0.338 e. The Kier molecular flexibility index (Phi) is 8.23. The van der Waals surface area contributed by atoms with Gasteiger partial charge in [-0.15, -0.1) is 0 Å². The van der Waals surface area contributed by atoms with Gasteiger partial charge in [-0.05, 0) is 48.9 Å². The summed E-state index contributed by atoms with van der Waals surface area (Å²) >= 11 is 0. The van der Waals surface area contributed by atoms with Crippen LogP contribution in [-0.2, 0) is 19.6 Å². The molecule has 0 atom stereocenters. The molecule has 0 bridgehead atoms. The number of esters is 1. The van der Waals surface area contributed by atoms with E-state index in [1.165, 1.54) is 38.4 Å². The number of sulfonamides is 1. The van der Waals surface area contributed by atoms with Crippen LogP contribution >= 0.6 is 0 Å². The van der Waals surface area contributed by atoms with E-state index in [2.05, 4.69) is 5.32 Å². The SMILES string of the molecule is CCCCNC(=O)COC(=O)c1cccc(S(=O)(=O)N(C)c2ccc(OC)cc2)c1. The van der Waals surface area contributed by atoms with Crippen LogP contribution in [0.4, 0.5) is 5.69 Å². The lowest BCUT2D eigenvalue weighted by atomic mass is 10.2. The fraction of sp³-hybridized carbons (Fsp3) is 0.333. The third-order valence-corrected chi connectivity index (χ3v) is 6.13. The minimum atomic E-state index is -3.91. The maximum atomic E-state index is 13.0. The first-order valence-corrected chi connectivity index (χ1v) is 10.9. The Bertz CT molecular complexity index is 973. The summed E-state index contributed by atoms with van der Waals surface area (Å²) in [5, 5.41) is 2.64. The van der Waals surface area contributed by atoms with Crippen LogP contribution in [0.1, 0.15) is 30.1 Å². The number of carbonyl (C=O) groups excluding carboxylic acids is 2. The van der Waals surface area contributed by atoms with Crippen LogP contribution in [0, 0.1) is 0 Å². The Labute approximate surface area is 176 Å². The Morgan fingerprint density at radius 1 is 1.10 bits per heavy atom. The highest BCUT2D eigenvalue weighted by atomic mass is 32.2. The molecule has 0 aliphatic carbocycles. The molecule has 0 aliphatic rings. The number of nitrogens with one attached hydrogen (secondary N) is 1. The summed E-state index contributed by atoms with van der Waals surface area (Å²) in [5.41, 5.74) is 0.480. The minimum Gasteiger partial charge on any atom is -0.497 e. The van der Waals surface area contributed by atoms with Gasteiger partial charge in [0.1, 0.15) is 5.75 Å². The van der Waals surface area contributed by atoms with Crippen molar-refractivity contribution in [1.29, 1.82) is 0 Å². The number of unbranched alkanes of at least 4 members (excludes halogenated alkanes) is 1. The second-order valence-electron chi connectivity index (χ2n) is 6.48. The molecule has 0 unspecified atom stereocenters.